The van der Waals surface area contributed by atoms with E-state index in [2.05, 4.69) is 81.4 Å². The van der Waals surface area contributed by atoms with Gasteiger partial charge in [-0.1, -0.05) is 120 Å². The standard InChI is InChI=1S/C32H45N/c1-4-7-8-10-15-27-20-24-31(26-33,25-21-27)32(22-5-2,23-6-3)30-19-14-13-18-29(30)28-16-11-9-12-17-28/h9,11-14,16-19,27H,4-8,10,15,20-25H2,1-3H3. The van der Waals surface area contributed by atoms with Crippen LogP contribution in [-0.4, -0.2) is 0 Å². The van der Waals surface area contributed by atoms with Crippen molar-refractivity contribution in [2.24, 2.45) is 11.3 Å². The maximum absolute atomic E-state index is 10.8. The van der Waals surface area contributed by atoms with Crippen LogP contribution >= 0.6 is 0 Å². The quantitative estimate of drug-likeness (QED) is 0.299. The zero-order chi connectivity index (χ0) is 23.6. The van der Waals surface area contributed by atoms with Crippen molar-refractivity contribution in [3.63, 3.8) is 0 Å². The van der Waals surface area contributed by atoms with Gasteiger partial charge in [-0.25, -0.2) is 0 Å². The molecule has 0 heterocycles. The third kappa shape index (κ3) is 5.54. The molecular formula is C32H45N. The van der Waals surface area contributed by atoms with E-state index in [9.17, 15) is 5.26 Å². The van der Waals surface area contributed by atoms with Gasteiger partial charge in [0.2, 0.25) is 0 Å². The van der Waals surface area contributed by atoms with Crippen molar-refractivity contribution in [2.75, 3.05) is 0 Å². The molecule has 0 aliphatic heterocycles. The second-order valence-corrected chi connectivity index (χ2v) is 10.5. The van der Waals surface area contributed by atoms with E-state index in [1.807, 2.05) is 0 Å². The summed E-state index contributed by atoms with van der Waals surface area (Å²) in [6.45, 7) is 6.90. The molecule has 1 nitrogen and oxygen atoms in total. The average Bonchev–Trinajstić information content (AvgIpc) is 2.87. The average molecular weight is 444 g/mol. The molecule has 0 atom stereocenters. The molecule has 2 aromatic rings. The molecular weight excluding hydrogens is 398 g/mol. The first-order valence-corrected chi connectivity index (χ1v) is 13.7. The fraction of sp³-hybridized carbons (Fsp3) is 0.594. The van der Waals surface area contributed by atoms with Gasteiger partial charge >= 0.3 is 0 Å². The van der Waals surface area contributed by atoms with Crippen molar-refractivity contribution < 1.29 is 0 Å². The van der Waals surface area contributed by atoms with Gasteiger partial charge in [0.25, 0.3) is 0 Å². The summed E-state index contributed by atoms with van der Waals surface area (Å²) < 4.78 is 0. The number of nitrogens with zero attached hydrogens (tertiary/aromatic N) is 1. The topological polar surface area (TPSA) is 23.8 Å². The van der Waals surface area contributed by atoms with E-state index < -0.39 is 0 Å². The van der Waals surface area contributed by atoms with Crippen molar-refractivity contribution in [3.05, 3.63) is 60.2 Å². The predicted octanol–water partition coefficient (Wildman–Crippen LogP) is 9.86. The Morgan fingerprint density at radius 1 is 0.818 bits per heavy atom. The molecule has 0 bridgehead atoms. The molecule has 0 radical (unpaired) electrons. The molecule has 1 fully saturated rings. The molecule has 0 amide bonds. The van der Waals surface area contributed by atoms with Gasteiger partial charge in [0, 0.05) is 5.41 Å². The normalized spacial score (nSPS) is 21.0. The second kappa shape index (κ2) is 12.4. The molecule has 0 aromatic heterocycles. The summed E-state index contributed by atoms with van der Waals surface area (Å²) in [4.78, 5) is 0. The van der Waals surface area contributed by atoms with E-state index in [1.165, 1.54) is 61.6 Å². The highest BCUT2D eigenvalue weighted by molar-refractivity contribution is 5.69. The van der Waals surface area contributed by atoms with Crippen molar-refractivity contribution in [2.45, 2.75) is 110 Å². The Morgan fingerprint density at radius 2 is 1.45 bits per heavy atom. The van der Waals surface area contributed by atoms with Crippen molar-refractivity contribution >= 4 is 0 Å². The second-order valence-electron chi connectivity index (χ2n) is 10.5. The van der Waals surface area contributed by atoms with Gasteiger partial charge in [-0.3, -0.25) is 0 Å². The zero-order valence-electron chi connectivity index (χ0n) is 21.4. The molecule has 1 aliphatic rings. The molecule has 1 saturated carbocycles. The largest absolute Gasteiger partial charge is 0.198 e. The minimum Gasteiger partial charge on any atom is -0.198 e. The minimum absolute atomic E-state index is 0.0785. The first-order chi connectivity index (χ1) is 16.2. The lowest BCUT2D eigenvalue weighted by Crippen LogP contribution is -2.47. The maximum Gasteiger partial charge on any atom is 0.0699 e. The van der Waals surface area contributed by atoms with Crippen LogP contribution in [0.1, 0.15) is 110 Å². The fourth-order valence-corrected chi connectivity index (χ4v) is 6.77. The van der Waals surface area contributed by atoms with E-state index in [1.54, 1.807) is 0 Å². The summed E-state index contributed by atoms with van der Waals surface area (Å²) in [5, 5.41) is 10.8. The lowest BCUT2D eigenvalue weighted by molar-refractivity contribution is 0.0787. The number of nitriles is 1. The molecule has 0 saturated heterocycles. The highest BCUT2D eigenvalue weighted by Crippen LogP contribution is 2.58. The first kappa shape index (κ1) is 25.6. The zero-order valence-corrected chi connectivity index (χ0v) is 21.4. The van der Waals surface area contributed by atoms with Crippen molar-refractivity contribution in [3.8, 4) is 17.2 Å². The minimum atomic E-state index is -0.260. The molecule has 178 valence electrons. The Labute approximate surface area is 203 Å². The SMILES string of the molecule is CCCCCCC1CCC(C#N)(C(CCC)(CCC)c2ccccc2-c2ccccc2)CC1. The van der Waals surface area contributed by atoms with Gasteiger partial charge in [0.1, 0.15) is 0 Å². The molecule has 3 rings (SSSR count). The van der Waals surface area contributed by atoms with Crippen LogP contribution in [0.4, 0.5) is 0 Å². The number of benzene rings is 2. The summed E-state index contributed by atoms with van der Waals surface area (Å²) in [6, 6.07) is 22.8. The van der Waals surface area contributed by atoms with Gasteiger partial charge in [-0.05, 0) is 61.1 Å². The third-order valence-corrected chi connectivity index (χ3v) is 8.44. The van der Waals surface area contributed by atoms with Crippen LogP contribution in [0, 0.1) is 22.7 Å². The molecule has 0 N–H and O–H groups in total. The monoisotopic (exact) mass is 443 g/mol. The van der Waals surface area contributed by atoms with Gasteiger partial charge in [0.15, 0.2) is 0 Å². The summed E-state index contributed by atoms with van der Waals surface area (Å²) >= 11 is 0. The van der Waals surface area contributed by atoms with E-state index in [4.69, 9.17) is 0 Å². The van der Waals surface area contributed by atoms with Gasteiger partial charge < -0.3 is 0 Å². The van der Waals surface area contributed by atoms with Crippen LogP contribution in [0.15, 0.2) is 54.6 Å². The Morgan fingerprint density at radius 3 is 2.06 bits per heavy atom. The lowest BCUT2D eigenvalue weighted by atomic mass is 9.50. The van der Waals surface area contributed by atoms with Gasteiger partial charge in [-0.15, -0.1) is 0 Å². The fourth-order valence-electron chi connectivity index (χ4n) is 6.77. The Kier molecular flexibility index (Phi) is 9.61. The summed E-state index contributed by atoms with van der Waals surface area (Å²) in [7, 11) is 0. The summed E-state index contributed by atoms with van der Waals surface area (Å²) in [5.41, 5.74) is 3.69. The van der Waals surface area contributed by atoms with E-state index in [0.29, 0.717) is 0 Å². The van der Waals surface area contributed by atoms with Crippen LogP contribution in [-0.2, 0) is 5.41 Å². The molecule has 33 heavy (non-hydrogen) atoms. The van der Waals surface area contributed by atoms with Crippen molar-refractivity contribution in [1.82, 2.24) is 0 Å². The van der Waals surface area contributed by atoms with Crippen LogP contribution in [0.5, 0.6) is 0 Å². The lowest BCUT2D eigenvalue weighted by Gasteiger charge is -2.51. The predicted molar refractivity (Wildman–Crippen MR) is 142 cm³/mol. The molecule has 0 spiro atoms. The van der Waals surface area contributed by atoms with Crippen LogP contribution in [0.3, 0.4) is 0 Å². The number of rotatable bonds is 12. The molecule has 0 unspecified atom stereocenters. The van der Waals surface area contributed by atoms with Crippen LogP contribution < -0.4 is 0 Å². The van der Waals surface area contributed by atoms with Crippen molar-refractivity contribution in [1.29, 1.82) is 5.26 Å². The number of hydrogen-bond donors (Lipinski definition) is 0. The molecule has 1 heteroatoms. The Balaban J connectivity index is 1.99. The third-order valence-electron chi connectivity index (χ3n) is 8.44. The summed E-state index contributed by atoms with van der Waals surface area (Å²) in [6.07, 6.45) is 15.8. The Hall–Kier alpha value is -2.07. The summed E-state index contributed by atoms with van der Waals surface area (Å²) in [5.74, 6) is 0.814. The molecule has 2 aromatic carbocycles. The van der Waals surface area contributed by atoms with Gasteiger partial charge in [0.05, 0.1) is 11.5 Å². The Bertz CT molecular complexity index is 861. The maximum atomic E-state index is 10.8. The number of hydrogen-bond acceptors (Lipinski definition) is 1. The highest BCUT2D eigenvalue weighted by atomic mass is 14.6. The van der Waals surface area contributed by atoms with Crippen LogP contribution in [0.25, 0.3) is 11.1 Å². The van der Waals surface area contributed by atoms with E-state index in [-0.39, 0.29) is 10.8 Å². The number of unbranched alkanes of at least 4 members (excludes halogenated alkanes) is 3. The van der Waals surface area contributed by atoms with Crippen LogP contribution in [0.2, 0.25) is 0 Å². The van der Waals surface area contributed by atoms with E-state index >= 15 is 0 Å². The molecule has 1 aliphatic carbocycles. The highest BCUT2D eigenvalue weighted by Gasteiger charge is 2.53. The first-order valence-electron chi connectivity index (χ1n) is 13.7. The smallest absolute Gasteiger partial charge is 0.0699 e. The van der Waals surface area contributed by atoms with E-state index in [0.717, 1.165) is 44.4 Å². The van der Waals surface area contributed by atoms with Gasteiger partial charge in [-0.2, -0.15) is 5.26 Å².